The van der Waals surface area contributed by atoms with Crippen molar-refractivity contribution in [2.75, 3.05) is 13.1 Å². The van der Waals surface area contributed by atoms with Gasteiger partial charge in [-0.05, 0) is 56.9 Å². The van der Waals surface area contributed by atoms with Gasteiger partial charge in [0.05, 0.1) is 0 Å². The molecule has 3 aliphatic rings. The lowest BCUT2D eigenvalue weighted by Gasteiger charge is -2.53. The topological polar surface area (TPSA) is 29.3 Å². The van der Waals surface area contributed by atoms with E-state index < -0.39 is 0 Å². The van der Waals surface area contributed by atoms with E-state index in [0.717, 1.165) is 24.4 Å². The van der Waals surface area contributed by atoms with Crippen LogP contribution >= 0.6 is 0 Å². The number of fused-ring (bicyclic) bond motifs is 1. The molecule has 0 aromatic heterocycles. The van der Waals surface area contributed by atoms with Gasteiger partial charge < -0.3 is 5.73 Å². The molecule has 3 rings (SSSR count). The van der Waals surface area contributed by atoms with Gasteiger partial charge in [0, 0.05) is 18.1 Å². The van der Waals surface area contributed by atoms with Crippen molar-refractivity contribution in [3.63, 3.8) is 0 Å². The number of hydrogen-bond donors (Lipinski definition) is 1. The first kappa shape index (κ1) is 12.9. The normalized spacial score (nSPS) is 46.0. The lowest BCUT2D eigenvalue weighted by Crippen LogP contribution is -2.61. The summed E-state index contributed by atoms with van der Waals surface area (Å²) in [5, 5.41) is 0. The highest BCUT2D eigenvalue weighted by Crippen LogP contribution is 2.45. The van der Waals surface area contributed by atoms with Gasteiger partial charge in [0.1, 0.15) is 0 Å². The molecule has 2 nitrogen and oxygen atoms in total. The third-order valence-corrected chi connectivity index (χ3v) is 6.05. The lowest BCUT2D eigenvalue weighted by molar-refractivity contribution is -0.0285. The van der Waals surface area contributed by atoms with Crippen molar-refractivity contribution in [1.29, 1.82) is 0 Å². The van der Waals surface area contributed by atoms with Gasteiger partial charge in [-0.1, -0.05) is 26.2 Å². The second-order valence-electron chi connectivity index (χ2n) is 7.22. The lowest BCUT2D eigenvalue weighted by atomic mass is 9.73. The van der Waals surface area contributed by atoms with E-state index in [1.54, 1.807) is 0 Å². The third kappa shape index (κ3) is 2.12. The van der Waals surface area contributed by atoms with E-state index in [1.807, 2.05) is 0 Å². The molecule has 0 radical (unpaired) electrons. The van der Waals surface area contributed by atoms with Crippen LogP contribution in [0, 0.1) is 11.8 Å². The van der Waals surface area contributed by atoms with Crippen LogP contribution in [0.2, 0.25) is 0 Å². The smallest absolute Gasteiger partial charge is 0.0337 e. The molecule has 18 heavy (non-hydrogen) atoms. The zero-order valence-electron chi connectivity index (χ0n) is 12.0. The van der Waals surface area contributed by atoms with Crippen LogP contribution in [0.25, 0.3) is 0 Å². The molecule has 1 aliphatic heterocycles. The minimum atomic E-state index is 0.366. The first-order chi connectivity index (χ1) is 8.75. The molecule has 0 spiro atoms. The van der Waals surface area contributed by atoms with E-state index in [9.17, 15) is 0 Å². The van der Waals surface area contributed by atoms with Crippen molar-refractivity contribution in [3.05, 3.63) is 0 Å². The van der Waals surface area contributed by atoms with Gasteiger partial charge in [0.2, 0.25) is 0 Å². The molecule has 2 heteroatoms. The highest BCUT2D eigenvalue weighted by atomic mass is 15.2. The Labute approximate surface area is 112 Å². The van der Waals surface area contributed by atoms with Crippen molar-refractivity contribution >= 4 is 0 Å². The van der Waals surface area contributed by atoms with E-state index in [4.69, 9.17) is 5.73 Å². The number of likely N-dealkylation sites (tertiary alicyclic amines) is 1. The summed E-state index contributed by atoms with van der Waals surface area (Å²) >= 11 is 0. The fourth-order valence-corrected chi connectivity index (χ4v) is 5.24. The van der Waals surface area contributed by atoms with E-state index in [1.165, 1.54) is 64.3 Å². The van der Waals surface area contributed by atoms with Crippen LogP contribution in [0.5, 0.6) is 0 Å². The van der Waals surface area contributed by atoms with Gasteiger partial charge in [-0.2, -0.15) is 0 Å². The Morgan fingerprint density at radius 2 is 1.94 bits per heavy atom. The second kappa shape index (κ2) is 5.13. The first-order valence-electron chi connectivity index (χ1n) is 8.22. The minimum absolute atomic E-state index is 0.366. The molecular weight excluding hydrogens is 220 g/mol. The first-order valence-corrected chi connectivity index (χ1v) is 8.22. The zero-order valence-corrected chi connectivity index (χ0v) is 12.0. The highest BCUT2D eigenvalue weighted by Gasteiger charge is 2.46. The Hall–Kier alpha value is -0.0800. The monoisotopic (exact) mass is 250 g/mol. The van der Waals surface area contributed by atoms with Crippen LogP contribution in [0.15, 0.2) is 0 Å². The zero-order chi connectivity index (χ0) is 12.6. The van der Waals surface area contributed by atoms with Crippen molar-refractivity contribution in [3.8, 4) is 0 Å². The van der Waals surface area contributed by atoms with Crippen LogP contribution in [-0.4, -0.2) is 29.6 Å². The number of nitrogens with two attached hydrogens (primary N) is 1. The van der Waals surface area contributed by atoms with Crippen molar-refractivity contribution in [2.45, 2.75) is 76.3 Å². The number of hydrogen-bond acceptors (Lipinski definition) is 2. The summed E-state index contributed by atoms with van der Waals surface area (Å²) < 4.78 is 0. The standard InChI is InChI=1S/C16H30N2/c1-13-5-3-9-16(11-13,12-17)18-10-4-7-14-6-2-8-15(14)18/h13-15H,2-12,17H2,1H3. The van der Waals surface area contributed by atoms with Crippen molar-refractivity contribution in [2.24, 2.45) is 17.6 Å². The maximum absolute atomic E-state index is 6.27. The number of piperidine rings is 1. The molecule has 2 aliphatic carbocycles. The van der Waals surface area contributed by atoms with Gasteiger partial charge in [0.25, 0.3) is 0 Å². The van der Waals surface area contributed by atoms with Crippen molar-refractivity contribution < 1.29 is 0 Å². The number of rotatable bonds is 2. The van der Waals surface area contributed by atoms with Crippen LogP contribution in [0.4, 0.5) is 0 Å². The molecule has 0 aromatic rings. The van der Waals surface area contributed by atoms with Gasteiger partial charge in [-0.3, -0.25) is 4.90 Å². The molecule has 4 unspecified atom stereocenters. The Bertz CT molecular complexity index is 291. The van der Waals surface area contributed by atoms with Crippen LogP contribution in [0.1, 0.15) is 64.7 Å². The molecule has 2 saturated carbocycles. The average Bonchev–Trinajstić information content (AvgIpc) is 2.86. The SMILES string of the molecule is CC1CCCC(CN)(N2CCCC3CCCC32)C1. The van der Waals surface area contributed by atoms with Gasteiger partial charge >= 0.3 is 0 Å². The fraction of sp³-hybridized carbons (Fsp3) is 1.00. The molecule has 0 aromatic carbocycles. The summed E-state index contributed by atoms with van der Waals surface area (Å²) in [5.41, 5.74) is 6.64. The van der Waals surface area contributed by atoms with E-state index in [0.29, 0.717) is 5.54 Å². The van der Waals surface area contributed by atoms with E-state index >= 15 is 0 Å². The van der Waals surface area contributed by atoms with Crippen LogP contribution in [0.3, 0.4) is 0 Å². The molecule has 0 bridgehead atoms. The summed E-state index contributed by atoms with van der Waals surface area (Å²) in [5.74, 6) is 1.88. The van der Waals surface area contributed by atoms with Crippen LogP contribution < -0.4 is 5.73 Å². The van der Waals surface area contributed by atoms with Gasteiger partial charge in [-0.15, -0.1) is 0 Å². The Kier molecular flexibility index (Phi) is 3.68. The van der Waals surface area contributed by atoms with Crippen LogP contribution in [-0.2, 0) is 0 Å². The van der Waals surface area contributed by atoms with E-state index in [2.05, 4.69) is 11.8 Å². The Morgan fingerprint density at radius 3 is 2.72 bits per heavy atom. The summed E-state index contributed by atoms with van der Waals surface area (Å²) in [7, 11) is 0. The minimum Gasteiger partial charge on any atom is -0.329 e. The summed E-state index contributed by atoms with van der Waals surface area (Å²) in [4.78, 5) is 2.89. The maximum atomic E-state index is 6.27. The third-order valence-electron chi connectivity index (χ3n) is 6.05. The number of nitrogens with zero attached hydrogens (tertiary/aromatic N) is 1. The predicted molar refractivity (Wildman–Crippen MR) is 76.5 cm³/mol. The summed E-state index contributed by atoms with van der Waals surface area (Å²) in [6, 6.07) is 0.882. The summed E-state index contributed by atoms with van der Waals surface area (Å²) in [6.45, 7) is 4.64. The summed E-state index contributed by atoms with van der Waals surface area (Å²) in [6.07, 6.45) is 12.8. The molecule has 3 fully saturated rings. The average molecular weight is 250 g/mol. The maximum Gasteiger partial charge on any atom is 0.0337 e. The highest BCUT2D eigenvalue weighted by molar-refractivity contribution is 5.02. The molecule has 4 atom stereocenters. The molecule has 0 amide bonds. The molecule has 2 N–H and O–H groups in total. The second-order valence-corrected chi connectivity index (χ2v) is 7.22. The van der Waals surface area contributed by atoms with E-state index in [-0.39, 0.29) is 0 Å². The molecular formula is C16H30N2. The quantitative estimate of drug-likeness (QED) is 0.815. The molecule has 104 valence electrons. The fourth-order valence-electron chi connectivity index (χ4n) is 5.24. The molecule has 1 heterocycles. The predicted octanol–water partition coefficient (Wildman–Crippen LogP) is 3.16. The van der Waals surface area contributed by atoms with Crippen molar-refractivity contribution in [1.82, 2.24) is 4.90 Å². The van der Waals surface area contributed by atoms with Gasteiger partial charge in [-0.25, -0.2) is 0 Å². The Balaban J connectivity index is 1.81. The largest absolute Gasteiger partial charge is 0.329 e. The van der Waals surface area contributed by atoms with Gasteiger partial charge in [0.15, 0.2) is 0 Å². The molecule has 1 saturated heterocycles. The Morgan fingerprint density at radius 1 is 1.11 bits per heavy atom.